The molecule has 27 heavy (non-hydrogen) atoms. The fourth-order valence-electron chi connectivity index (χ4n) is 2.43. The Balaban J connectivity index is 2.15. The molecule has 0 aliphatic carbocycles. The number of nitrogens with one attached hydrogen (secondary N) is 1. The van der Waals surface area contributed by atoms with Gasteiger partial charge in [-0.15, -0.1) is 0 Å². The normalized spacial score (nSPS) is 10.3. The van der Waals surface area contributed by atoms with Gasteiger partial charge in [0.1, 0.15) is 5.75 Å². The van der Waals surface area contributed by atoms with Crippen molar-refractivity contribution in [3.8, 4) is 5.75 Å². The van der Waals surface area contributed by atoms with Crippen molar-refractivity contribution in [1.29, 1.82) is 0 Å². The summed E-state index contributed by atoms with van der Waals surface area (Å²) in [6, 6.07) is 4.09. The van der Waals surface area contributed by atoms with Crippen LogP contribution in [0, 0.1) is 13.8 Å². The van der Waals surface area contributed by atoms with Crippen LogP contribution in [0.1, 0.15) is 32.1 Å². The number of aryl methyl sites for hydroxylation is 2. The molecule has 1 amide bonds. The summed E-state index contributed by atoms with van der Waals surface area (Å²) < 4.78 is 16.4. The van der Waals surface area contributed by atoms with Gasteiger partial charge in [0, 0.05) is 7.05 Å². The number of methoxy groups -OCH3 is 2. The van der Waals surface area contributed by atoms with E-state index in [0.717, 1.165) is 5.69 Å². The predicted octanol–water partition coefficient (Wildman–Crippen LogP) is 1.63. The lowest BCUT2D eigenvalue weighted by Crippen LogP contribution is -2.21. The highest BCUT2D eigenvalue weighted by Gasteiger charge is 2.16. The van der Waals surface area contributed by atoms with Gasteiger partial charge in [-0.25, -0.2) is 9.59 Å². The number of carbonyl (C=O) groups excluding carboxylic acids is 3. The van der Waals surface area contributed by atoms with Crippen molar-refractivity contribution in [3.05, 3.63) is 40.7 Å². The van der Waals surface area contributed by atoms with E-state index in [1.807, 2.05) is 6.92 Å². The molecule has 1 aromatic heterocycles. The minimum atomic E-state index is -0.642. The predicted molar refractivity (Wildman–Crippen MR) is 95.9 cm³/mol. The average molecular weight is 375 g/mol. The summed E-state index contributed by atoms with van der Waals surface area (Å²) >= 11 is 0. The van der Waals surface area contributed by atoms with Gasteiger partial charge in [-0.3, -0.25) is 9.48 Å². The van der Waals surface area contributed by atoms with Gasteiger partial charge in [0.2, 0.25) is 0 Å². The first-order chi connectivity index (χ1) is 12.8. The van der Waals surface area contributed by atoms with Crippen LogP contribution < -0.4 is 10.1 Å². The quantitative estimate of drug-likeness (QED) is 0.764. The van der Waals surface area contributed by atoms with Crippen LogP contribution in [0.25, 0.3) is 0 Å². The fourth-order valence-corrected chi connectivity index (χ4v) is 2.43. The summed E-state index contributed by atoms with van der Waals surface area (Å²) in [7, 11) is 4.22. The van der Waals surface area contributed by atoms with Gasteiger partial charge in [0.25, 0.3) is 5.91 Å². The standard InChI is InChI=1S/C18H21N3O6/c1-10-16(11(2)21(3)20-10)19-15(22)9-27-14-7-12(17(23)25-4)6-13(8-14)18(24)26-5/h6-8H,9H2,1-5H3,(H,19,22). The summed E-state index contributed by atoms with van der Waals surface area (Å²) in [6.07, 6.45) is 0. The van der Waals surface area contributed by atoms with E-state index in [0.29, 0.717) is 11.4 Å². The molecule has 0 radical (unpaired) electrons. The maximum absolute atomic E-state index is 12.2. The van der Waals surface area contributed by atoms with Crippen LogP contribution in [0.2, 0.25) is 0 Å². The third-order valence-corrected chi connectivity index (χ3v) is 3.89. The van der Waals surface area contributed by atoms with Crippen LogP contribution in [-0.4, -0.2) is 48.5 Å². The van der Waals surface area contributed by atoms with Gasteiger partial charge in [0.15, 0.2) is 6.61 Å². The lowest BCUT2D eigenvalue weighted by atomic mass is 10.1. The first-order valence-electron chi connectivity index (χ1n) is 8.01. The van der Waals surface area contributed by atoms with Crippen molar-refractivity contribution >= 4 is 23.5 Å². The first-order valence-corrected chi connectivity index (χ1v) is 8.01. The maximum Gasteiger partial charge on any atom is 0.338 e. The molecule has 1 N–H and O–H groups in total. The zero-order valence-electron chi connectivity index (χ0n) is 15.8. The van der Waals surface area contributed by atoms with E-state index in [-0.39, 0.29) is 23.5 Å². The molecule has 0 fully saturated rings. The third-order valence-electron chi connectivity index (χ3n) is 3.89. The molecular formula is C18H21N3O6. The summed E-state index contributed by atoms with van der Waals surface area (Å²) in [5.74, 6) is -1.53. The number of anilines is 1. The van der Waals surface area contributed by atoms with Gasteiger partial charge in [0.05, 0.1) is 42.4 Å². The second-order valence-corrected chi connectivity index (χ2v) is 5.74. The van der Waals surface area contributed by atoms with Crippen molar-refractivity contribution < 1.29 is 28.6 Å². The number of carbonyl (C=O) groups is 3. The second-order valence-electron chi connectivity index (χ2n) is 5.74. The molecule has 9 nitrogen and oxygen atoms in total. The van der Waals surface area contributed by atoms with Crippen molar-refractivity contribution in [2.24, 2.45) is 7.05 Å². The van der Waals surface area contributed by atoms with Crippen LogP contribution in [0.3, 0.4) is 0 Å². The van der Waals surface area contributed by atoms with Crippen LogP contribution in [-0.2, 0) is 21.3 Å². The van der Waals surface area contributed by atoms with E-state index in [1.54, 1.807) is 18.7 Å². The van der Waals surface area contributed by atoms with Crippen LogP contribution in [0.15, 0.2) is 18.2 Å². The van der Waals surface area contributed by atoms with Gasteiger partial charge in [-0.2, -0.15) is 5.10 Å². The molecule has 1 aromatic carbocycles. The van der Waals surface area contributed by atoms with E-state index in [1.165, 1.54) is 32.4 Å². The summed E-state index contributed by atoms with van der Waals surface area (Å²) in [5.41, 5.74) is 2.32. The number of hydrogen-bond donors (Lipinski definition) is 1. The number of rotatable bonds is 6. The van der Waals surface area contributed by atoms with Crippen LogP contribution >= 0.6 is 0 Å². The Kier molecular flexibility index (Phi) is 6.17. The number of hydrogen-bond acceptors (Lipinski definition) is 7. The Morgan fingerprint density at radius 2 is 1.59 bits per heavy atom. The zero-order valence-corrected chi connectivity index (χ0v) is 15.8. The molecule has 144 valence electrons. The fraction of sp³-hybridized carbons (Fsp3) is 0.333. The number of aromatic nitrogens is 2. The Bertz CT molecular complexity index is 853. The maximum atomic E-state index is 12.2. The van der Waals surface area contributed by atoms with E-state index in [9.17, 15) is 14.4 Å². The molecule has 0 aliphatic heterocycles. The molecule has 1 heterocycles. The minimum absolute atomic E-state index is 0.106. The summed E-state index contributed by atoms with van der Waals surface area (Å²) in [6.45, 7) is 3.30. The molecule has 2 rings (SSSR count). The lowest BCUT2D eigenvalue weighted by molar-refractivity contribution is -0.118. The molecule has 0 saturated heterocycles. The number of esters is 2. The molecule has 0 spiro atoms. The second kappa shape index (κ2) is 8.35. The highest BCUT2D eigenvalue weighted by Crippen LogP contribution is 2.20. The van der Waals surface area contributed by atoms with E-state index in [2.05, 4.69) is 19.9 Å². The van der Waals surface area contributed by atoms with Crippen molar-refractivity contribution in [3.63, 3.8) is 0 Å². The molecular weight excluding hydrogens is 354 g/mol. The van der Waals surface area contributed by atoms with E-state index >= 15 is 0 Å². The van der Waals surface area contributed by atoms with Crippen molar-refractivity contribution in [2.75, 3.05) is 26.1 Å². The monoisotopic (exact) mass is 375 g/mol. The Morgan fingerprint density at radius 3 is 2.04 bits per heavy atom. The number of benzene rings is 1. The third kappa shape index (κ3) is 4.63. The minimum Gasteiger partial charge on any atom is -0.484 e. The van der Waals surface area contributed by atoms with Gasteiger partial charge < -0.3 is 19.5 Å². The molecule has 0 saturated carbocycles. The summed E-state index contributed by atoms with van der Waals surface area (Å²) in [4.78, 5) is 35.7. The average Bonchev–Trinajstić information content (AvgIpc) is 2.90. The van der Waals surface area contributed by atoms with Gasteiger partial charge in [-0.1, -0.05) is 0 Å². The van der Waals surface area contributed by atoms with Crippen molar-refractivity contribution in [2.45, 2.75) is 13.8 Å². The molecule has 0 atom stereocenters. The van der Waals surface area contributed by atoms with Crippen LogP contribution in [0.4, 0.5) is 5.69 Å². The van der Waals surface area contributed by atoms with Crippen LogP contribution in [0.5, 0.6) is 5.75 Å². The number of ether oxygens (including phenoxy) is 3. The lowest BCUT2D eigenvalue weighted by Gasteiger charge is -2.10. The smallest absolute Gasteiger partial charge is 0.338 e. The highest BCUT2D eigenvalue weighted by atomic mass is 16.5. The van der Waals surface area contributed by atoms with E-state index in [4.69, 9.17) is 4.74 Å². The van der Waals surface area contributed by atoms with E-state index < -0.39 is 17.8 Å². The largest absolute Gasteiger partial charge is 0.484 e. The molecule has 0 bridgehead atoms. The molecule has 9 heteroatoms. The topological polar surface area (TPSA) is 109 Å². The first kappa shape index (κ1) is 20.0. The molecule has 2 aromatic rings. The number of nitrogens with zero attached hydrogens (tertiary/aromatic N) is 2. The Hall–Kier alpha value is -3.36. The highest BCUT2D eigenvalue weighted by molar-refractivity contribution is 5.96. The van der Waals surface area contributed by atoms with Gasteiger partial charge in [-0.05, 0) is 32.0 Å². The Labute approximate surface area is 156 Å². The summed E-state index contributed by atoms with van der Waals surface area (Å²) in [5, 5.41) is 6.96. The Morgan fingerprint density at radius 1 is 1.04 bits per heavy atom. The van der Waals surface area contributed by atoms with Crippen molar-refractivity contribution in [1.82, 2.24) is 9.78 Å². The zero-order chi connectivity index (χ0) is 20.1. The van der Waals surface area contributed by atoms with Gasteiger partial charge >= 0.3 is 11.9 Å². The number of amides is 1. The SMILES string of the molecule is COC(=O)c1cc(OCC(=O)Nc2c(C)nn(C)c2C)cc(C(=O)OC)c1. The molecule has 0 aliphatic rings. The molecule has 0 unspecified atom stereocenters.